The molecule has 138 valence electrons. The third-order valence-electron chi connectivity index (χ3n) is 3.81. The summed E-state index contributed by atoms with van der Waals surface area (Å²) in [6, 6.07) is 3.55. The van der Waals surface area contributed by atoms with Gasteiger partial charge >= 0.3 is 6.09 Å². The highest BCUT2D eigenvalue weighted by atomic mass is 79.9. The van der Waals surface area contributed by atoms with Crippen LogP contribution in [0.5, 0.6) is 0 Å². The van der Waals surface area contributed by atoms with Crippen LogP contribution in [0.1, 0.15) is 46.5 Å². The van der Waals surface area contributed by atoms with E-state index >= 15 is 0 Å². The fraction of sp³-hybridized carbons (Fsp3) is 0.588. The largest absolute Gasteiger partial charge is 0.444 e. The highest BCUT2D eigenvalue weighted by Crippen LogP contribution is 2.25. The first-order chi connectivity index (χ1) is 11.7. The summed E-state index contributed by atoms with van der Waals surface area (Å²) < 4.78 is 6.14. The summed E-state index contributed by atoms with van der Waals surface area (Å²) in [5.74, 6) is 0.313. The van der Waals surface area contributed by atoms with Crippen molar-refractivity contribution in [3.05, 3.63) is 22.8 Å². The summed E-state index contributed by atoms with van der Waals surface area (Å²) in [4.78, 5) is 28.4. The first-order valence-electron chi connectivity index (χ1n) is 8.40. The van der Waals surface area contributed by atoms with Gasteiger partial charge < -0.3 is 10.1 Å². The number of pyridine rings is 1. The maximum atomic E-state index is 12.3. The van der Waals surface area contributed by atoms with Crippen molar-refractivity contribution >= 4 is 33.7 Å². The molecule has 2 amide bonds. The number of carbonyl (C=O) groups excluding carboxylic acids is 2. The highest BCUT2D eigenvalue weighted by Gasteiger charge is 2.29. The van der Waals surface area contributed by atoms with E-state index in [-0.39, 0.29) is 17.9 Å². The summed E-state index contributed by atoms with van der Waals surface area (Å²) in [6.45, 7) is 5.47. The van der Waals surface area contributed by atoms with E-state index in [4.69, 9.17) is 4.74 Å². The standard InChI is InChI=1S/C17H25BrN4O3/c1-17(2,3)25-16(24)20-13-6-4-5-11(9-13)15(23)22-21-14-8-7-12(18)10-19-14/h7-8,10-11,13H,4-6,9H2,1-3H3,(H,19,21)(H,20,24)(H,22,23)/t11-,13+/m0/s1. The van der Waals surface area contributed by atoms with Crippen molar-refractivity contribution < 1.29 is 14.3 Å². The van der Waals surface area contributed by atoms with E-state index in [1.165, 1.54) is 0 Å². The lowest BCUT2D eigenvalue weighted by molar-refractivity contribution is -0.125. The molecule has 0 saturated heterocycles. The molecule has 3 N–H and O–H groups in total. The summed E-state index contributed by atoms with van der Waals surface area (Å²) in [7, 11) is 0. The molecule has 0 unspecified atom stereocenters. The average Bonchev–Trinajstić information content (AvgIpc) is 2.52. The maximum absolute atomic E-state index is 12.3. The molecule has 1 aliphatic carbocycles. The number of hydrogen-bond donors (Lipinski definition) is 3. The highest BCUT2D eigenvalue weighted by molar-refractivity contribution is 9.10. The average molecular weight is 413 g/mol. The molecule has 0 aliphatic heterocycles. The van der Waals surface area contributed by atoms with Gasteiger partial charge in [0.1, 0.15) is 11.4 Å². The van der Waals surface area contributed by atoms with Crippen molar-refractivity contribution in [2.24, 2.45) is 5.92 Å². The van der Waals surface area contributed by atoms with Gasteiger partial charge in [-0.05, 0) is 68.1 Å². The smallest absolute Gasteiger partial charge is 0.407 e. The molecule has 25 heavy (non-hydrogen) atoms. The van der Waals surface area contributed by atoms with E-state index in [0.29, 0.717) is 12.2 Å². The zero-order valence-corrected chi connectivity index (χ0v) is 16.4. The van der Waals surface area contributed by atoms with Crippen molar-refractivity contribution in [1.29, 1.82) is 0 Å². The predicted molar refractivity (Wildman–Crippen MR) is 98.8 cm³/mol. The molecule has 1 saturated carbocycles. The van der Waals surface area contributed by atoms with Gasteiger partial charge in [-0.25, -0.2) is 9.78 Å². The van der Waals surface area contributed by atoms with Crippen LogP contribution in [0, 0.1) is 5.92 Å². The lowest BCUT2D eigenvalue weighted by Gasteiger charge is -2.30. The van der Waals surface area contributed by atoms with E-state index in [1.807, 2.05) is 26.8 Å². The van der Waals surface area contributed by atoms with Crippen LogP contribution >= 0.6 is 15.9 Å². The van der Waals surface area contributed by atoms with Crippen molar-refractivity contribution in [3.8, 4) is 0 Å². The van der Waals surface area contributed by atoms with Crippen LogP contribution in [0.3, 0.4) is 0 Å². The minimum Gasteiger partial charge on any atom is -0.444 e. The monoisotopic (exact) mass is 412 g/mol. The predicted octanol–water partition coefficient (Wildman–Crippen LogP) is 3.37. The van der Waals surface area contributed by atoms with Gasteiger partial charge in [0.15, 0.2) is 0 Å². The fourth-order valence-electron chi connectivity index (χ4n) is 2.71. The number of ether oxygens (including phenoxy) is 1. The molecule has 0 radical (unpaired) electrons. The van der Waals surface area contributed by atoms with Crippen LogP contribution in [0.25, 0.3) is 0 Å². The van der Waals surface area contributed by atoms with Gasteiger partial charge in [0.05, 0.1) is 0 Å². The molecular formula is C17H25BrN4O3. The number of nitrogens with zero attached hydrogens (tertiary/aromatic N) is 1. The van der Waals surface area contributed by atoms with Gasteiger partial charge in [-0.2, -0.15) is 0 Å². The Morgan fingerprint density at radius 2 is 2.04 bits per heavy atom. The Morgan fingerprint density at radius 3 is 2.68 bits per heavy atom. The number of hydrazine groups is 1. The molecule has 1 heterocycles. The summed E-state index contributed by atoms with van der Waals surface area (Å²) in [5.41, 5.74) is 4.97. The van der Waals surface area contributed by atoms with E-state index in [2.05, 4.69) is 37.1 Å². The Labute approximate surface area is 156 Å². The molecule has 2 rings (SSSR count). The molecule has 8 heteroatoms. The number of amides is 2. The summed E-state index contributed by atoms with van der Waals surface area (Å²) in [6.07, 6.45) is 4.35. The lowest BCUT2D eigenvalue weighted by Crippen LogP contribution is -2.45. The van der Waals surface area contributed by atoms with Gasteiger partial charge in [0, 0.05) is 22.6 Å². The summed E-state index contributed by atoms with van der Waals surface area (Å²) >= 11 is 3.31. The Balaban J connectivity index is 1.80. The molecule has 0 spiro atoms. The van der Waals surface area contributed by atoms with Crippen LogP contribution in [0.4, 0.5) is 10.6 Å². The van der Waals surface area contributed by atoms with Crippen molar-refractivity contribution in [2.75, 3.05) is 5.43 Å². The zero-order chi connectivity index (χ0) is 18.4. The number of aromatic nitrogens is 1. The fourth-order valence-corrected chi connectivity index (χ4v) is 2.95. The number of hydrogen-bond acceptors (Lipinski definition) is 5. The SMILES string of the molecule is CC(C)(C)OC(=O)N[C@@H]1CCC[C@H](C(=O)NNc2ccc(Br)cn2)C1. The summed E-state index contributed by atoms with van der Waals surface area (Å²) in [5, 5.41) is 2.86. The molecular weight excluding hydrogens is 388 g/mol. The Hall–Kier alpha value is -1.83. The first-order valence-corrected chi connectivity index (χ1v) is 9.19. The number of anilines is 1. The topological polar surface area (TPSA) is 92.3 Å². The second-order valence-electron chi connectivity index (χ2n) is 7.18. The van der Waals surface area contributed by atoms with Gasteiger partial charge in [0.25, 0.3) is 0 Å². The van der Waals surface area contributed by atoms with Crippen LogP contribution in [0.2, 0.25) is 0 Å². The van der Waals surface area contributed by atoms with Gasteiger partial charge in [-0.1, -0.05) is 6.42 Å². The Morgan fingerprint density at radius 1 is 1.28 bits per heavy atom. The number of nitrogens with one attached hydrogen (secondary N) is 3. The number of alkyl carbamates (subject to hydrolysis) is 1. The molecule has 2 atom stereocenters. The van der Waals surface area contributed by atoms with Crippen LogP contribution < -0.4 is 16.2 Å². The van der Waals surface area contributed by atoms with Gasteiger partial charge in [-0.15, -0.1) is 0 Å². The maximum Gasteiger partial charge on any atom is 0.407 e. The number of halogens is 1. The van der Waals surface area contributed by atoms with E-state index in [0.717, 1.165) is 23.7 Å². The Kier molecular flexibility index (Phi) is 6.64. The van der Waals surface area contributed by atoms with Gasteiger partial charge in [0.2, 0.25) is 5.91 Å². The van der Waals surface area contributed by atoms with Crippen LogP contribution in [0.15, 0.2) is 22.8 Å². The minimum atomic E-state index is -0.531. The van der Waals surface area contributed by atoms with Gasteiger partial charge in [-0.3, -0.25) is 15.6 Å². The minimum absolute atomic E-state index is 0.0508. The van der Waals surface area contributed by atoms with Crippen LogP contribution in [-0.4, -0.2) is 28.6 Å². The van der Waals surface area contributed by atoms with E-state index in [9.17, 15) is 9.59 Å². The molecule has 0 aromatic carbocycles. The number of carbonyl (C=O) groups is 2. The first kappa shape index (κ1) is 19.5. The third kappa shape index (κ3) is 6.89. The number of rotatable bonds is 4. The molecule has 1 aliphatic rings. The lowest BCUT2D eigenvalue weighted by atomic mass is 9.85. The van der Waals surface area contributed by atoms with Crippen molar-refractivity contribution in [3.63, 3.8) is 0 Å². The second kappa shape index (κ2) is 8.51. The normalized spacial score (nSPS) is 20.5. The quantitative estimate of drug-likeness (QED) is 0.659. The second-order valence-corrected chi connectivity index (χ2v) is 8.10. The zero-order valence-electron chi connectivity index (χ0n) is 14.8. The molecule has 1 aromatic heterocycles. The molecule has 7 nitrogen and oxygen atoms in total. The van der Waals surface area contributed by atoms with Crippen molar-refractivity contribution in [1.82, 2.24) is 15.7 Å². The van der Waals surface area contributed by atoms with Crippen LogP contribution in [-0.2, 0) is 9.53 Å². The van der Waals surface area contributed by atoms with Crippen molar-refractivity contribution in [2.45, 2.75) is 58.1 Å². The van der Waals surface area contributed by atoms with E-state index in [1.54, 1.807) is 12.3 Å². The molecule has 1 aromatic rings. The molecule has 0 bridgehead atoms. The molecule has 1 fully saturated rings. The Bertz CT molecular complexity index is 601. The third-order valence-corrected chi connectivity index (χ3v) is 4.28. The van der Waals surface area contributed by atoms with E-state index < -0.39 is 11.7 Å².